The van der Waals surface area contributed by atoms with Crippen LogP contribution in [-0.4, -0.2) is 36.9 Å². The zero-order chi connectivity index (χ0) is 9.84. The largest absolute Gasteiger partial charge is 0.594 e. The van der Waals surface area contributed by atoms with Gasteiger partial charge in [0, 0.05) is 6.54 Å². The average Bonchev–Trinajstić information content (AvgIpc) is 2.50. The van der Waals surface area contributed by atoms with E-state index in [1.807, 2.05) is 0 Å². The van der Waals surface area contributed by atoms with Crippen LogP contribution in [0.3, 0.4) is 0 Å². The van der Waals surface area contributed by atoms with Crippen LogP contribution in [0.25, 0.3) is 0 Å². The number of esters is 1. The highest BCUT2D eigenvalue weighted by molar-refractivity contribution is 7.36. The van der Waals surface area contributed by atoms with Gasteiger partial charge in [-0.2, -0.15) is 0 Å². The van der Waals surface area contributed by atoms with E-state index in [0.717, 1.165) is 6.42 Å². The maximum Gasteiger partial charge on any atom is 0.324 e. The smallest absolute Gasteiger partial charge is 0.324 e. The lowest BCUT2D eigenvalue weighted by Gasteiger charge is -2.17. The van der Waals surface area contributed by atoms with E-state index < -0.39 is 8.03 Å². The maximum atomic E-state index is 11.1. The molecule has 6 heteroatoms. The summed E-state index contributed by atoms with van der Waals surface area (Å²) in [6, 6.07) is -0.363. The van der Waals surface area contributed by atoms with Gasteiger partial charge >= 0.3 is 14.0 Å². The summed E-state index contributed by atoms with van der Waals surface area (Å²) in [6.07, 6.45) is 1.49. The van der Waals surface area contributed by atoms with Crippen LogP contribution in [0.15, 0.2) is 0 Å². The van der Waals surface area contributed by atoms with Crippen LogP contribution in [0.2, 0.25) is 0 Å². The Labute approximate surface area is 77.5 Å². The van der Waals surface area contributed by atoms with Crippen molar-refractivity contribution in [2.75, 3.05) is 19.9 Å². The first-order chi connectivity index (χ1) is 6.15. The number of ether oxygens (including phenoxy) is 1. The zero-order valence-corrected chi connectivity index (χ0v) is 8.33. The second-order valence-corrected chi connectivity index (χ2v) is 3.92. The SMILES string of the molecule is COC(=O)C1CCCN1C[P+](=O)[O-]. The Balaban J connectivity index is 2.53. The van der Waals surface area contributed by atoms with Crippen molar-refractivity contribution >= 4 is 14.0 Å². The van der Waals surface area contributed by atoms with Gasteiger partial charge in [0.05, 0.1) is 7.11 Å². The van der Waals surface area contributed by atoms with Crippen molar-refractivity contribution in [2.45, 2.75) is 18.9 Å². The second-order valence-electron chi connectivity index (χ2n) is 2.97. The van der Waals surface area contributed by atoms with Gasteiger partial charge < -0.3 is 9.63 Å². The molecule has 74 valence electrons. The van der Waals surface area contributed by atoms with Crippen LogP contribution < -0.4 is 4.89 Å². The van der Waals surface area contributed by atoms with Crippen LogP contribution in [0.4, 0.5) is 0 Å². The summed E-state index contributed by atoms with van der Waals surface area (Å²) in [6.45, 7) is 0.656. The van der Waals surface area contributed by atoms with Gasteiger partial charge in [0.25, 0.3) is 0 Å². The summed E-state index contributed by atoms with van der Waals surface area (Å²) in [5.74, 6) is -0.339. The van der Waals surface area contributed by atoms with Gasteiger partial charge in [0.15, 0.2) is 6.29 Å². The molecule has 2 atom stereocenters. The lowest BCUT2D eigenvalue weighted by Crippen LogP contribution is -2.37. The van der Waals surface area contributed by atoms with Gasteiger partial charge in [-0.3, -0.25) is 4.79 Å². The Hall–Kier alpha value is -0.510. The van der Waals surface area contributed by atoms with Crippen molar-refractivity contribution in [3.05, 3.63) is 0 Å². The highest BCUT2D eigenvalue weighted by Gasteiger charge is 2.33. The fraction of sp³-hybridized carbons (Fsp3) is 0.857. The molecular weight excluding hydrogens is 193 g/mol. The van der Waals surface area contributed by atoms with Crippen molar-refractivity contribution in [3.8, 4) is 0 Å². The van der Waals surface area contributed by atoms with E-state index in [1.54, 1.807) is 4.90 Å². The molecular formula is C7H12NO4P. The molecule has 0 aromatic rings. The Kier molecular flexibility index (Phi) is 3.78. The summed E-state index contributed by atoms with van der Waals surface area (Å²) in [5.41, 5.74) is 0. The summed E-state index contributed by atoms with van der Waals surface area (Å²) in [5, 5.41) is 0. The van der Waals surface area contributed by atoms with Crippen molar-refractivity contribution in [1.82, 2.24) is 4.90 Å². The quantitative estimate of drug-likeness (QED) is 0.466. The minimum absolute atomic E-state index is 0.0465. The molecule has 1 aliphatic rings. The number of hydrogen-bond acceptors (Lipinski definition) is 5. The van der Waals surface area contributed by atoms with Crippen LogP contribution in [0.1, 0.15) is 12.8 Å². The number of carbonyl (C=O) groups excluding carboxylic acids is 1. The van der Waals surface area contributed by atoms with E-state index in [4.69, 9.17) is 0 Å². The molecule has 1 heterocycles. The molecule has 2 unspecified atom stereocenters. The van der Waals surface area contributed by atoms with Crippen molar-refractivity contribution < 1.29 is 19.0 Å². The van der Waals surface area contributed by atoms with Crippen LogP contribution >= 0.6 is 8.03 Å². The van der Waals surface area contributed by atoms with Crippen molar-refractivity contribution in [1.29, 1.82) is 0 Å². The van der Waals surface area contributed by atoms with Crippen molar-refractivity contribution in [2.24, 2.45) is 0 Å². The van der Waals surface area contributed by atoms with Gasteiger partial charge in [-0.05, 0) is 12.8 Å². The summed E-state index contributed by atoms with van der Waals surface area (Å²) in [4.78, 5) is 23.2. The molecule has 1 rings (SSSR count). The lowest BCUT2D eigenvalue weighted by atomic mass is 10.2. The highest BCUT2D eigenvalue weighted by Crippen LogP contribution is 2.22. The molecule has 0 spiro atoms. The number of likely N-dealkylation sites (tertiary alicyclic amines) is 1. The zero-order valence-electron chi connectivity index (χ0n) is 7.43. The summed E-state index contributed by atoms with van der Waals surface area (Å²) in [7, 11) is -1.13. The van der Waals surface area contributed by atoms with Crippen LogP contribution in [-0.2, 0) is 14.1 Å². The molecule has 1 saturated heterocycles. The molecule has 0 N–H and O–H groups in total. The molecule has 0 aliphatic carbocycles. The number of methoxy groups -OCH3 is 1. The lowest BCUT2D eigenvalue weighted by molar-refractivity contribution is -0.166. The highest BCUT2D eigenvalue weighted by atomic mass is 31.1. The fourth-order valence-electron chi connectivity index (χ4n) is 1.55. The van der Waals surface area contributed by atoms with E-state index >= 15 is 0 Å². The summed E-state index contributed by atoms with van der Waals surface area (Å²) < 4.78 is 15.0. The molecule has 0 radical (unpaired) electrons. The van der Waals surface area contributed by atoms with E-state index in [2.05, 4.69) is 4.74 Å². The molecule has 1 aliphatic heterocycles. The van der Waals surface area contributed by atoms with Crippen LogP contribution in [0.5, 0.6) is 0 Å². The Morgan fingerprint density at radius 1 is 1.77 bits per heavy atom. The predicted molar refractivity (Wildman–Crippen MR) is 44.2 cm³/mol. The third-order valence-corrected chi connectivity index (χ3v) is 2.73. The van der Waals surface area contributed by atoms with Gasteiger partial charge in [-0.1, -0.05) is 4.57 Å². The maximum absolute atomic E-state index is 11.1. The molecule has 5 nitrogen and oxygen atoms in total. The number of hydrogen-bond donors (Lipinski definition) is 0. The van der Waals surface area contributed by atoms with E-state index in [-0.39, 0.29) is 18.3 Å². The number of carbonyl (C=O) groups is 1. The number of rotatable bonds is 3. The van der Waals surface area contributed by atoms with Gasteiger partial charge in [-0.15, -0.1) is 0 Å². The molecule has 13 heavy (non-hydrogen) atoms. The molecule has 0 amide bonds. The predicted octanol–water partition coefficient (Wildman–Crippen LogP) is -0.316. The second kappa shape index (κ2) is 4.65. The Morgan fingerprint density at radius 2 is 2.46 bits per heavy atom. The fourth-order valence-corrected chi connectivity index (χ4v) is 2.18. The van der Waals surface area contributed by atoms with E-state index in [1.165, 1.54) is 7.11 Å². The average molecular weight is 205 g/mol. The topological polar surface area (TPSA) is 69.7 Å². The van der Waals surface area contributed by atoms with Gasteiger partial charge in [0.2, 0.25) is 0 Å². The minimum atomic E-state index is -2.45. The van der Waals surface area contributed by atoms with Gasteiger partial charge in [-0.25, -0.2) is 4.90 Å². The third-order valence-electron chi connectivity index (χ3n) is 2.13. The molecule has 0 aromatic heterocycles. The standard InChI is InChI=1S/C7H12NO4P/c1-12-7(9)6-3-2-4-8(6)5-13(10)11/h6H,2-5H2,1H3. The molecule has 0 saturated carbocycles. The normalized spacial score (nSPS) is 24.5. The van der Waals surface area contributed by atoms with Crippen molar-refractivity contribution in [3.63, 3.8) is 0 Å². The Bertz CT molecular complexity index is 221. The molecule has 0 bridgehead atoms. The molecule has 0 aromatic carbocycles. The first kappa shape index (κ1) is 10.6. The third kappa shape index (κ3) is 2.72. The first-order valence-corrected chi connectivity index (χ1v) is 5.45. The van der Waals surface area contributed by atoms with E-state index in [9.17, 15) is 14.3 Å². The van der Waals surface area contributed by atoms with Gasteiger partial charge in [0.1, 0.15) is 6.04 Å². The minimum Gasteiger partial charge on any atom is -0.594 e. The molecule has 1 fully saturated rings. The monoisotopic (exact) mass is 205 g/mol. The van der Waals surface area contributed by atoms with E-state index in [0.29, 0.717) is 13.0 Å². The summed E-state index contributed by atoms with van der Waals surface area (Å²) >= 11 is 0. The first-order valence-electron chi connectivity index (χ1n) is 4.09. The Morgan fingerprint density at radius 3 is 3.00 bits per heavy atom. The number of nitrogens with zero attached hydrogens (tertiary/aromatic N) is 1. The van der Waals surface area contributed by atoms with Crippen LogP contribution in [0, 0.1) is 0 Å².